The number of carboxylic acid groups (broad SMARTS) is 1. The van der Waals surface area contributed by atoms with Crippen molar-refractivity contribution in [2.45, 2.75) is 12.8 Å². The quantitative estimate of drug-likeness (QED) is 0.350. The van der Waals surface area contributed by atoms with Gasteiger partial charge in [0.15, 0.2) is 0 Å². The fourth-order valence-corrected chi connectivity index (χ4v) is 1.87. The minimum Gasteiger partial charge on any atom is -0.870 e. The molecule has 104 valence electrons. The van der Waals surface area contributed by atoms with Gasteiger partial charge in [0.2, 0.25) is 0 Å². The topological polar surface area (TPSA) is 128 Å². The molecule has 0 aliphatic heterocycles. The Kier molecular flexibility index (Phi) is 11.4. The molecule has 0 spiro atoms. The summed E-state index contributed by atoms with van der Waals surface area (Å²) in [5.41, 5.74) is 0. The summed E-state index contributed by atoms with van der Waals surface area (Å²) in [5.74, 6) is -0.852. The summed E-state index contributed by atoms with van der Waals surface area (Å²) in [6.45, 7) is 1.74. The molecule has 0 bridgehead atoms. The number of hydrogen-bond donors (Lipinski definition) is 4. The molecule has 5 N–H and O–H groups in total. The zero-order valence-electron chi connectivity index (χ0n) is 9.96. The predicted octanol–water partition coefficient (Wildman–Crippen LogP) is -1.53. The van der Waals surface area contributed by atoms with E-state index in [-0.39, 0.29) is 31.7 Å². The van der Waals surface area contributed by atoms with Crippen LogP contribution in [0.3, 0.4) is 0 Å². The highest BCUT2D eigenvalue weighted by Gasteiger charge is 2.25. The van der Waals surface area contributed by atoms with Crippen molar-refractivity contribution in [1.82, 2.24) is 0 Å². The molecule has 0 aromatic heterocycles. The van der Waals surface area contributed by atoms with E-state index in [4.69, 9.17) is 20.4 Å². The molecule has 0 aliphatic carbocycles. The van der Waals surface area contributed by atoms with Crippen LogP contribution in [0.15, 0.2) is 0 Å². The molecule has 7 nitrogen and oxygen atoms in total. The standard InChI is InChI=1S/C10H21NO5.H2O/c12-7-4-11(5-8-13,6-9-14)3-1-2-10(15)16;/h12-14H,1-9H2;1H2. The minimum atomic E-state index is -0.852. The first-order chi connectivity index (χ1) is 7.60. The first-order valence-electron chi connectivity index (χ1n) is 5.49. The van der Waals surface area contributed by atoms with Crippen LogP contribution in [-0.2, 0) is 4.79 Å². The molecule has 17 heavy (non-hydrogen) atoms. The Morgan fingerprint density at radius 1 is 0.882 bits per heavy atom. The molecule has 0 aliphatic rings. The van der Waals surface area contributed by atoms with Gasteiger partial charge < -0.3 is 30.4 Å². The summed E-state index contributed by atoms with van der Waals surface area (Å²) in [7, 11) is 0. The van der Waals surface area contributed by atoms with Crippen LogP contribution < -0.4 is 0 Å². The number of aliphatic carboxylic acids is 1. The van der Waals surface area contributed by atoms with Gasteiger partial charge >= 0.3 is 5.97 Å². The highest BCUT2D eigenvalue weighted by Crippen LogP contribution is 2.08. The van der Waals surface area contributed by atoms with Gasteiger partial charge in [-0.2, -0.15) is 0 Å². The number of quaternary nitrogens is 1. The molecule has 0 saturated carbocycles. The molecule has 0 aromatic carbocycles. The van der Waals surface area contributed by atoms with Crippen LogP contribution in [0, 0.1) is 0 Å². The summed E-state index contributed by atoms with van der Waals surface area (Å²) in [5, 5.41) is 35.5. The second-order valence-corrected chi connectivity index (χ2v) is 3.90. The average molecular weight is 253 g/mol. The van der Waals surface area contributed by atoms with Gasteiger partial charge in [0.1, 0.15) is 19.6 Å². The lowest BCUT2D eigenvalue weighted by Crippen LogP contribution is -2.53. The Bertz CT molecular complexity index is 182. The van der Waals surface area contributed by atoms with Crippen molar-refractivity contribution in [2.24, 2.45) is 0 Å². The van der Waals surface area contributed by atoms with Crippen LogP contribution >= 0.6 is 0 Å². The van der Waals surface area contributed by atoms with Crippen molar-refractivity contribution in [3.63, 3.8) is 0 Å². The van der Waals surface area contributed by atoms with Gasteiger partial charge in [-0.25, -0.2) is 0 Å². The lowest BCUT2D eigenvalue weighted by atomic mass is 10.2. The molecule has 0 fully saturated rings. The van der Waals surface area contributed by atoms with Crippen molar-refractivity contribution in [2.75, 3.05) is 46.0 Å². The van der Waals surface area contributed by atoms with E-state index in [9.17, 15) is 4.79 Å². The molecule has 0 aromatic rings. The van der Waals surface area contributed by atoms with Crippen molar-refractivity contribution < 1.29 is 35.2 Å². The third kappa shape index (κ3) is 8.06. The van der Waals surface area contributed by atoms with E-state index in [1.807, 2.05) is 0 Å². The van der Waals surface area contributed by atoms with Crippen LogP contribution in [0.5, 0.6) is 0 Å². The maximum atomic E-state index is 10.4. The molecule has 0 heterocycles. The maximum Gasteiger partial charge on any atom is 0.303 e. The number of aliphatic hydroxyl groups is 3. The van der Waals surface area contributed by atoms with E-state index < -0.39 is 5.97 Å². The van der Waals surface area contributed by atoms with Crippen molar-refractivity contribution >= 4 is 5.97 Å². The van der Waals surface area contributed by atoms with Gasteiger partial charge in [-0.3, -0.25) is 4.79 Å². The van der Waals surface area contributed by atoms with Crippen LogP contribution in [0.25, 0.3) is 0 Å². The molecule has 0 unspecified atom stereocenters. The smallest absolute Gasteiger partial charge is 0.303 e. The molecule has 0 saturated heterocycles. The Labute approximate surface area is 101 Å². The van der Waals surface area contributed by atoms with E-state index in [0.717, 1.165) is 0 Å². The third-order valence-electron chi connectivity index (χ3n) is 2.75. The Morgan fingerprint density at radius 2 is 1.29 bits per heavy atom. The van der Waals surface area contributed by atoms with Crippen LogP contribution in [0.2, 0.25) is 0 Å². The Balaban J connectivity index is 0. The maximum absolute atomic E-state index is 10.4. The number of aliphatic hydroxyl groups excluding tert-OH is 3. The van der Waals surface area contributed by atoms with E-state index in [0.29, 0.717) is 37.1 Å². The predicted molar refractivity (Wildman–Crippen MR) is 59.8 cm³/mol. The average Bonchev–Trinajstić information content (AvgIpc) is 2.18. The monoisotopic (exact) mass is 253 g/mol. The fraction of sp³-hybridized carbons (Fsp3) is 0.900. The third-order valence-corrected chi connectivity index (χ3v) is 2.75. The van der Waals surface area contributed by atoms with Crippen molar-refractivity contribution in [3.8, 4) is 0 Å². The van der Waals surface area contributed by atoms with E-state index >= 15 is 0 Å². The van der Waals surface area contributed by atoms with Crippen LogP contribution in [-0.4, -0.2) is 82.4 Å². The number of nitrogens with zero attached hydrogens (tertiary/aromatic N) is 1. The van der Waals surface area contributed by atoms with E-state index in [2.05, 4.69) is 0 Å². The lowest BCUT2D eigenvalue weighted by molar-refractivity contribution is -0.929. The Morgan fingerprint density at radius 3 is 1.59 bits per heavy atom. The van der Waals surface area contributed by atoms with E-state index in [1.54, 1.807) is 0 Å². The zero-order valence-corrected chi connectivity index (χ0v) is 9.96. The summed E-state index contributed by atoms with van der Waals surface area (Å²) in [6.07, 6.45) is 0.553. The second kappa shape index (κ2) is 10.4. The lowest BCUT2D eigenvalue weighted by Gasteiger charge is -2.37. The van der Waals surface area contributed by atoms with Gasteiger partial charge in [-0.1, -0.05) is 0 Å². The molecule has 0 atom stereocenters. The Hall–Kier alpha value is -0.730. The largest absolute Gasteiger partial charge is 0.870 e. The number of rotatable bonds is 10. The first-order valence-corrected chi connectivity index (χ1v) is 5.49. The normalized spacial score (nSPS) is 11.0. The molecule has 7 heteroatoms. The number of hydrogen-bond acceptors (Lipinski definition) is 5. The highest BCUT2D eigenvalue weighted by atomic mass is 16.4. The minimum absolute atomic E-state index is 0. The summed E-state index contributed by atoms with van der Waals surface area (Å²) < 4.78 is 0.372. The van der Waals surface area contributed by atoms with Gasteiger partial charge in [0.25, 0.3) is 0 Å². The second-order valence-electron chi connectivity index (χ2n) is 3.90. The molecular formula is C10H23NO6. The van der Waals surface area contributed by atoms with Gasteiger partial charge in [0, 0.05) is 6.42 Å². The summed E-state index contributed by atoms with van der Waals surface area (Å²) >= 11 is 0. The molecular weight excluding hydrogens is 230 g/mol. The first kappa shape index (κ1) is 18.6. The van der Waals surface area contributed by atoms with Crippen molar-refractivity contribution in [1.29, 1.82) is 0 Å². The zero-order chi connectivity index (χ0) is 12.4. The summed E-state index contributed by atoms with van der Waals surface area (Å²) in [4.78, 5) is 10.4. The van der Waals surface area contributed by atoms with Gasteiger partial charge in [-0.05, 0) is 0 Å². The van der Waals surface area contributed by atoms with Crippen molar-refractivity contribution in [3.05, 3.63) is 0 Å². The molecule has 0 radical (unpaired) electrons. The molecule has 0 rings (SSSR count). The van der Waals surface area contributed by atoms with Crippen LogP contribution in [0.4, 0.5) is 0 Å². The summed E-state index contributed by atoms with van der Waals surface area (Å²) in [6, 6.07) is 0. The number of carbonyl (C=O) groups is 1. The highest BCUT2D eigenvalue weighted by molar-refractivity contribution is 5.66. The van der Waals surface area contributed by atoms with Crippen LogP contribution in [0.1, 0.15) is 12.8 Å². The SMILES string of the molecule is O=C(O)CCC[N+](CCO)(CCO)CCO.[OH-]. The van der Waals surface area contributed by atoms with Gasteiger partial charge in [-0.15, -0.1) is 0 Å². The number of carboxylic acids is 1. The fourth-order valence-electron chi connectivity index (χ4n) is 1.87. The van der Waals surface area contributed by atoms with E-state index in [1.165, 1.54) is 0 Å². The van der Waals surface area contributed by atoms with Gasteiger partial charge in [0.05, 0.1) is 32.8 Å². The molecule has 0 amide bonds.